The van der Waals surface area contributed by atoms with Crippen molar-refractivity contribution in [3.05, 3.63) is 47.7 Å². The van der Waals surface area contributed by atoms with Gasteiger partial charge in [0.2, 0.25) is 0 Å². The maximum atomic E-state index is 13.3. The van der Waals surface area contributed by atoms with Crippen LogP contribution in [0.3, 0.4) is 0 Å². The maximum absolute atomic E-state index is 13.3. The van der Waals surface area contributed by atoms with E-state index in [-0.39, 0.29) is 11.6 Å². The van der Waals surface area contributed by atoms with E-state index >= 15 is 0 Å². The summed E-state index contributed by atoms with van der Waals surface area (Å²) in [4.78, 5) is 3.71. The fraction of sp³-hybridized carbons (Fsp3) is 0.0833. The number of nitrogen functional groups attached to an aromatic ring is 1. The van der Waals surface area contributed by atoms with Crippen molar-refractivity contribution in [1.82, 2.24) is 4.98 Å². The highest BCUT2D eigenvalue weighted by Crippen LogP contribution is 2.25. The molecular formula is C12H10F2N2. The Kier molecular flexibility index (Phi) is 2.56. The van der Waals surface area contributed by atoms with Gasteiger partial charge >= 0.3 is 0 Å². The van der Waals surface area contributed by atoms with E-state index in [1.54, 1.807) is 19.1 Å². The number of halogens is 2. The molecule has 2 aromatic rings. The van der Waals surface area contributed by atoms with Crippen LogP contribution < -0.4 is 5.73 Å². The van der Waals surface area contributed by atoms with Crippen LogP contribution in [-0.2, 0) is 0 Å². The molecule has 2 N–H and O–H groups in total. The molecule has 0 fully saturated rings. The van der Waals surface area contributed by atoms with E-state index in [1.807, 2.05) is 0 Å². The minimum atomic E-state index is -0.596. The third-order valence-electron chi connectivity index (χ3n) is 2.45. The van der Waals surface area contributed by atoms with Gasteiger partial charge in [0, 0.05) is 11.8 Å². The monoisotopic (exact) mass is 220 g/mol. The fourth-order valence-electron chi connectivity index (χ4n) is 1.52. The van der Waals surface area contributed by atoms with Crippen molar-refractivity contribution in [2.75, 3.05) is 5.73 Å². The number of nitrogens with zero attached hydrogens (tertiary/aromatic N) is 1. The summed E-state index contributed by atoms with van der Waals surface area (Å²) in [7, 11) is 0. The molecule has 82 valence electrons. The molecule has 2 rings (SSSR count). The standard InChI is InChI=1S/C12H10F2N2/c1-7-9(3-2-4-10(7)13)8-5-11(14)12(15)16-6-8/h2-6H,1H3,(H2,15,16). The molecule has 0 bridgehead atoms. The van der Waals surface area contributed by atoms with E-state index in [0.717, 1.165) is 0 Å². The van der Waals surface area contributed by atoms with Crippen LogP contribution in [0.15, 0.2) is 30.5 Å². The van der Waals surface area contributed by atoms with Gasteiger partial charge in [-0.2, -0.15) is 0 Å². The largest absolute Gasteiger partial charge is 0.381 e. The minimum absolute atomic E-state index is 0.155. The summed E-state index contributed by atoms with van der Waals surface area (Å²) >= 11 is 0. The van der Waals surface area contributed by atoms with Crippen LogP contribution in [-0.4, -0.2) is 4.98 Å². The summed E-state index contributed by atoms with van der Waals surface area (Å²) in [6.07, 6.45) is 1.43. The van der Waals surface area contributed by atoms with E-state index < -0.39 is 5.82 Å². The van der Waals surface area contributed by atoms with Gasteiger partial charge in [0.05, 0.1) is 0 Å². The van der Waals surface area contributed by atoms with Crippen LogP contribution in [0.25, 0.3) is 11.1 Å². The molecule has 16 heavy (non-hydrogen) atoms. The molecule has 0 spiro atoms. The first-order valence-corrected chi connectivity index (χ1v) is 4.76. The van der Waals surface area contributed by atoms with Crippen molar-refractivity contribution in [2.24, 2.45) is 0 Å². The first-order chi connectivity index (χ1) is 7.59. The van der Waals surface area contributed by atoms with Gasteiger partial charge in [0.1, 0.15) is 5.82 Å². The van der Waals surface area contributed by atoms with Crippen LogP contribution in [0.2, 0.25) is 0 Å². The van der Waals surface area contributed by atoms with Crippen molar-refractivity contribution in [3.63, 3.8) is 0 Å². The van der Waals surface area contributed by atoms with Gasteiger partial charge in [0.25, 0.3) is 0 Å². The smallest absolute Gasteiger partial charge is 0.165 e. The lowest BCUT2D eigenvalue weighted by molar-refractivity contribution is 0.618. The van der Waals surface area contributed by atoms with Gasteiger partial charge < -0.3 is 5.73 Å². The predicted octanol–water partition coefficient (Wildman–Crippen LogP) is 2.92. The number of aromatic nitrogens is 1. The summed E-state index contributed by atoms with van der Waals surface area (Å²) in [6, 6.07) is 5.90. The Morgan fingerprint density at radius 1 is 1.19 bits per heavy atom. The molecule has 0 saturated carbocycles. The van der Waals surface area contributed by atoms with E-state index in [0.29, 0.717) is 16.7 Å². The molecule has 1 aromatic heterocycles. The Bertz CT molecular complexity index is 539. The Hall–Kier alpha value is -1.97. The summed E-state index contributed by atoms with van der Waals surface area (Å²) in [5.41, 5.74) is 6.88. The summed E-state index contributed by atoms with van der Waals surface area (Å²) in [6.45, 7) is 1.64. The van der Waals surface area contributed by atoms with Crippen LogP contribution in [0.5, 0.6) is 0 Å². The maximum Gasteiger partial charge on any atom is 0.165 e. The van der Waals surface area contributed by atoms with Crippen molar-refractivity contribution < 1.29 is 8.78 Å². The summed E-state index contributed by atoms with van der Waals surface area (Å²) in [5.74, 6) is -1.08. The van der Waals surface area contributed by atoms with E-state index in [1.165, 1.54) is 18.3 Å². The van der Waals surface area contributed by atoms with E-state index in [2.05, 4.69) is 4.98 Å². The second-order valence-electron chi connectivity index (χ2n) is 3.50. The predicted molar refractivity (Wildman–Crippen MR) is 58.7 cm³/mol. The number of hydrogen-bond donors (Lipinski definition) is 1. The first-order valence-electron chi connectivity index (χ1n) is 4.76. The average Bonchev–Trinajstić information content (AvgIpc) is 2.26. The molecule has 0 aliphatic carbocycles. The van der Waals surface area contributed by atoms with Crippen LogP contribution in [0.1, 0.15) is 5.56 Å². The van der Waals surface area contributed by atoms with Crippen LogP contribution in [0, 0.1) is 18.6 Å². The van der Waals surface area contributed by atoms with Gasteiger partial charge in [-0.15, -0.1) is 0 Å². The average molecular weight is 220 g/mol. The van der Waals surface area contributed by atoms with Gasteiger partial charge in [-0.25, -0.2) is 13.8 Å². The number of anilines is 1. The highest BCUT2D eigenvalue weighted by molar-refractivity contribution is 5.67. The molecule has 1 aromatic carbocycles. The fourth-order valence-corrected chi connectivity index (χ4v) is 1.52. The van der Waals surface area contributed by atoms with E-state index in [9.17, 15) is 8.78 Å². The topological polar surface area (TPSA) is 38.9 Å². The van der Waals surface area contributed by atoms with Crippen molar-refractivity contribution in [2.45, 2.75) is 6.92 Å². The minimum Gasteiger partial charge on any atom is -0.381 e. The molecular weight excluding hydrogens is 210 g/mol. The zero-order valence-corrected chi connectivity index (χ0v) is 8.67. The normalized spacial score (nSPS) is 10.4. The second kappa shape index (κ2) is 3.89. The first kappa shape index (κ1) is 10.5. The molecule has 0 aliphatic heterocycles. The lowest BCUT2D eigenvalue weighted by Crippen LogP contribution is -1.96. The molecule has 0 amide bonds. The zero-order chi connectivity index (χ0) is 11.7. The molecule has 0 atom stereocenters. The third kappa shape index (κ3) is 1.74. The number of nitrogens with two attached hydrogens (primary N) is 1. The van der Waals surface area contributed by atoms with Crippen molar-refractivity contribution in [3.8, 4) is 11.1 Å². The molecule has 0 aliphatic rings. The Labute approximate surface area is 91.7 Å². The molecule has 4 heteroatoms. The third-order valence-corrected chi connectivity index (χ3v) is 2.45. The van der Waals surface area contributed by atoms with Crippen LogP contribution >= 0.6 is 0 Å². The SMILES string of the molecule is Cc1c(F)cccc1-c1cnc(N)c(F)c1. The molecule has 0 unspecified atom stereocenters. The Balaban J connectivity index is 2.59. The van der Waals surface area contributed by atoms with E-state index in [4.69, 9.17) is 5.73 Å². The summed E-state index contributed by atoms with van der Waals surface area (Å²) < 4.78 is 26.5. The van der Waals surface area contributed by atoms with Gasteiger partial charge in [0.15, 0.2) is 11.6 Å². The lowest BCUT2D eigenvalue weighted by Gasteiger charge is -2.07. The highest BCUT2D eigenvalue weighted by atomic mass is 19.1. The number of hydrogen-bond acceptors (Lipinski definition) is 2. The Morgan fingerprint density at radius 3 is 2.62 bits per heavy atom. The number of pyridine rings is 1. The number of rotatable bonds is 1. The van der Waals surface area contributed by atoms with Gasteiger partial charge in [-0.1, -0.05) is 12.1 Å². The quantitative estimate of drug-likeness (QED) is 0.802. The molecule has 0 radical (unpaired) electrons. The van der Waals surface area contributed by atoms with Crippen molar-refractivity contribution >= 4 is 5.82 Å². The number of benzene rings is 1. The lowest BCUT2D eigenvalue weighted by atomic mass is 10.0. The molecule has 1 heterocycles. The Morgan fingerprint density at radius 2 is 1.94 bits per heavy atom. The van der Waals surface area contributed by atoms with Gasteiger partial charge in [-0.05, 0) is 30.2 Å². The second-order valence-corrected chi connectivity index (χ2v) is 3.50. The molecule has 2 nitrogen and oxygen atoms in total. The van der Waals surface area contributed by atoms with Gasteiger partial charge in [-0.3, -0.25) is 0 Å². The zero-order valence-electron chi connectivity index (χ0n) is 8.67. The highest BCUT2D eigenvalue weighted by Gasteiger charge is 2.08. The van der Waals surface area contributed by atoms with Crippen LogP contribution in [0.4, 0.5) is 14.6 Å². The van der Waals surface area contributed by atoms with Crippen molar-refractivity contribution in [1.29, 1.82) is 0 Å². The molecule has 0 saturated heterocycles. The summed E-state index contributed by atoms with van der Waals surface area (Å²) in [5, 5.41) is 0.